The normalized spacial score (nSPS) is 10.1. The minimum Gasteiger partial charge on any atom is -1.00 e. The summed E-state index contributed by atoms with van der Waals surface area (Å²) < 4.78 is 0. The van der Waals surface area contributed by atoms with Crippen molar-refractivity contribution in [1.29, 1.82) is 0 Å². The van der Waals surface area contributed by atoms with Crippen LogP contribution >= 0.6 is 7.92 Å². The molecule has 35 heavy (non-hydrogen) atoms. The second-order valence-electron chi connectivity index (χ2n) is 7.56. The molecule has 176 valence electrons. The van der Waals surface area contributed by atoms with Gasteiger partial charge in [-0.3, -0.25) is 9.97 Å². The third kappa shape index (κ3) is 6.42. The van der Waals surface area contributed by atoms with Crippen LogP contribution in [0.4, 0.5) is 0 Å². The number of hydrogen-bond donors (Lipinski definition) is 0. The molecule has 0 radical (unpaired) electrons. The van der Waals surface area contributed by atoms with Crippen LogP contribution in [0.5, 0.6) is 0 Å². The fourth-order valence-corrected chi connectivity index (χ4v) is 6.16. The predicted molar refractivity (Wildman–Crippen MR) is 142 cm³/mol. The number of halogens is 1. The zero-order valence-corrected chi connectivity index (χ0v) is 22.2. The molecule has 0 amide bonds. The molecule has 0 atom stereocenters. The fourth-order valence-electron chi connectivity index (χ4n) is 3.86. The molecule has 6 rings (SSSR count). The Morgan fingerprint density at radius 1 is 0.400 bits per heavy atom. The van der Waals surface area contributed by atoms with E-state index in [0.29, 0.717) is 0 Å². The molecule has 0 N–H and O–H groups in total. The van der Waals surface area contributed by atoms with Gasteiger partial charge in [-0.15, -0.1) is 0 Å². The van der Waals surface area contributed by atoms with Gasteiger partial charge >= 0.3 is 17.1 Å². The van der Waals surface area contributed by atoms with Crippen molar-refractivity contribution in [1.82, 2.24) is 9.97 Å². The average Bonchev–Trinajstić information content (AvgIpc) is 2.91. The van der Waals surface area contributed by atoms with E-state index in [1.807, 2.05) is 12.1 Å². The van der Waals surface area contributed by atoms with Crippen LogP contribution in [-0.2, 0) is 17.1 Å². The molecule has 0 saturated carbocycles. The maximum absolute atomic E-state index is 4.35. The summed E-state index contributed by atoms with van der Waals surface area (Å²) in [6, 6.07) is 44.5. The van der Waals surface area contributed by atoms with E-state index >= 15 is 0 Å². The smallest absolute Gasteiger partial charge is 1.00 e. The molecule has 2 nitrogen and oxygen atoms in total. The molecule has 6 aromatic rings. The second kappa shape index (κ2) is 13.3. The molecule has 0 saturated heterocycles. The Bertz CT molecular complexity index is 1320. The quantitative estimate of drug-likeness (QED) is 0.181. The number of pyridine rings is 2. The van der Waals surface area contributed by atoms with Gasteiger partial charge in [0.2, 0.25) is 0 Å². The Balaban J connectivity index is 0.000000192. The molecule has 0 unspecified atom stereocenters. The van der Waals surface area contributed by atoms with Gasteiger partial charge in [0, 0.05) is 23.2 Å². The topological polar surface area (TPSA) is 25.8 Å². The van der Waals surface area contributed by atoms with Crippen molar-refractivity contribution in [2.45, 2.75) is 0 Å². The average molecular weight is 586 g/mol. The van der Waals surface area contributed by atoms with Gasteiger partial charge in [-0.1, -0.05) is 115 Å². The maximum atomic E-state index is 4.35. The van der Waals surface area contributed by atoms with Crippen molar-refractivity contribution in [3.05, 3.63) is 140 Å². The van der Waals surface area contributed by atoms with Crippen molar-refractivity contribution in [2.75, 3.05) is 0 Å². The van der Waals surface area contributed by atoms with Gasteiger partial charge in [0.1, 0.15) is 0 Å². The minimum atomic E-state index is -0.446. The summed E-state index contributed by atoms with van der Waals surface area (Å²) in [6.07, 6.45) is 3.60. The number of nitrogens with zero attached hydrogens (tertiary/aromatic N) is 2. The van der Waals surface area contributed by atoms with Crippen molar-refractivity contribution in [3.8, 4) is 0 Å². The Morgan fingerprint density at radius 3 is 1.09 bits per heavy atom. The van der Waals surface area contributed by atoms with Crippen LogP contribution in [0.3, 0.4) is 0 Å². The van der Waals surface area contributed by atoms with Crippen LogP contribution in [0.15, 0.2) is 140 Å². The first-order chi connectivity index (χ1) is 16.4. The minimum absolute atomic E-state index is 0. The van der Waals surface area contributed by atoms with E-state index in [9.17, 15) is 0 Å². The van der Waals surface area contributed by atoms with E-state index in [0.717, 1.165) is 21.8 Å². The van der Waals surface area contributed by atoms with Crippen LogP contribution < -0.4 is 32.9 Å². The molecular weight excluding hydrogens is 563 g/mol. The molecule has 0 aliphatic rings. The number of benzene rings is 4. The van der Waals surface area contributed by atoms with E-state index in [-0.39, 0.29) is 34.1 Å². The molecule has 0 fully saturated rings. The fraction of sp³-hybridized carbons (Fsp3) is 0. The van der Waals surface area contributed by atoms with Crippen molar-refractivity contribution < 1.29 is 34.1 Å². The van der Waals surface area contributed by atoms with Crippen molar-refractivity contribution >= 4 is 45.6 Å². The summed E-state index contributed by atoms with van der Waals surface area (Å²) in [5.41, 5.74) is 1.95. The Kier molecular flexibility index (Phi) is 10.1. The number of hydrogen-bond acceptors (Lipinski definition) is 2. The van der Waals surface area contributed by atoms with Crippen LogP contribution in [0.2, 0.25) is 0 Å². The summed E-state index contributed by atoms with van der Waals surface area (Å²) in [5, 5.41) is 6.47. The van der Waals surface area contributed by atoms with E-state index in [4.69, 9.17) is 0 Å². The van der Waals surface area contributed by atoms with Crippen LogP contribution in [-0.4, -0.2) is 9.97 Å². The summed E-state index contributed by atoms with van der Waals surface area (Å²) in [5.74, 6) is 0. The molecule has 0 bridgehead atoms. The molecule has 0 spiro atoms. The Morgan fingerprint density at radius 2 is 0.743 bits per heavy atom. The number of fused-ring (bicyclic) bond motifs is 3. The first kappa shape index (κ1) is 26.7. The third-order valence-electron chi connectivity index (χ3n) is 5.39. The van der Waals surface area contributed by atoms with Gasteiger partial charge in [-0.2, -0.15) is 0 Å². The zero-order chi connectivity index (χ0) is 22.3. The third-order valence-corrected chi connectivity index (χ3v) is 7.83. The SMILES string of the molecule is [Br-].[Cu+].c1ccc(P(c2ccccc2)c2ccccc2)cc1.c1cnc2c(c1)ccc1cccnc12. The molecule has 2 heterocycles. The Labute approximate surface area is 228 Å². The van der Waals surface area contributed by atoms with E-state index in [2.05, 4.69) is 125 Å². The maximum Gasteiger partial charge on any atom is 1.00 e. The number of rotatable bonds is 3. The van der Waals surface area contributed by atoms with Gasteiger partial charge in [-0.25, -0.2) is 0 Å². The molecule has 0 aliphatic carbocycles. The van der Waals surface area contributed by atoms with Gasteiger partial charge in [0.15, 0.2) is 0 Å². The summed E-state index contributed by atoms with van der Waals surface area (Å²) in [7, 11) is -0.446. The van der Waals surface area contributed by atoms with Gasteiger partial charge in [-0.05, 0) is 36.0 Å². The first-order valence-corrected chi connectivity index (χ1v) is 12.3. The van der Waals surface area contributed by atoms with E-state index < -0.39 is 7.92 Å². The van der Waals surface area contributed by atoms with E-state index in [1.165, 1.54) is 15.9 Å². The van der Waals surface area contributed by atoms with Gasteiger partial charge < -0.3 is 17.0 Å². The molecular formula is C30H23BrCuN2P. The summed E-state index contributed by atoms with van der Waals surface area (Å²) in [4.78, 5) is 8.69. The molecule has 2 aromatic heterocycles. The molecule has 0 aliphatic heterocycles. The molecule has 5 heteroatoms. The second-order valence-corrected chi connectivity index (χ2v) is 9.78. The van der Waals surface area contributed by atoms with Crippen LogP contribution in [0.25, 0.3) is 21.8 Å². The first-order valence-electron chi connectivity index (χ1n) is 10.9. The molecule has 4 aromatic carbocycles. The standard InChI is InChI=1S/C18H15P.C12H8N2.BrH.Cu/c1-4-10-16(11-5-1)19(17-12-6-2-7-13-17)18-14-8-3-9-15-18;1-3-9-5-6-10-4-2-8-14-12(10)11(9)13-7-1;;/h1-15H;1-8H;1H;/q;;;+1/p-1. The largest absolute Gasteiger partial charge is 1.00 e. The van der Waals surface area contributed by atoms with E-state index in [1.54, 1.807) is 12.4 Å². The van der Waals surface area contributed by atoms with Crippen molar-refractivity contribution in [3.63, 3.8) is 0 Å². The van der Waals surface area contributed by atoms with Gasteiger partial charge in [0.05, 0.1) is 11.0 Å². The van der Waals surface area contributed by atoms with Crippen LogP contribution in [0.1, 0.15) is 0 Å². The monoisotopic (exact) mass is 584 g/mol. The summed E-state index contributed by atoms with van der Waals surface area (Å²) in [6.45, 7) is 0. The predicted octanol–water partition coefficient (Wildman–Crippen LogP) is 3.23. The Hall–Kier alpha value is -2.87. The summed E-state index contributed by atoms with van der Waals surface area (Å²) >= 11 is 0. The van der Waals surface area contributed by atoms with Gasteiger partial charge in [0.25, 0.3) is 0 Å². The van der Waals surface area contributed by atoms with Crippen LogP contribution in [0, 0.1) is 0 Å². The zero-order valence-electron chi connectivity index (χ0n) is 18.8. The number of aromatic nitrogens is 2. The van der Waals surface area contributed by atoms with Crippen molar-refractivity contribution in [2.24, 2.45) is 0 Å².